The highest BCUT2D eigenvalue weighted by molar-refractivity contribution is 7.97. The van der Waals surface area contributed by atoms with Crippen LogP contribution in [0.1, 0.15) is 52.9 Å². The molecular formula is C34H38FOS+. The van der Waals surface area contributed by atoms with Crippen molar-refractivity contribution in [3.8, 4) is 5.75 Å². The number of halogens is 1. The molecule has 4 fully saturated rings. The molecule has 4 saturated carbocycles. The van der Waals surface area contributed by atoms with Gasteiger partial charge in [0.1, 0.15) is 5.60 Å². The monoisotopic (exact) mass is 513 g/mol. The van der Waals surface area contributed by atoms with E-state index < -0.39 is 0 Å². The van der Waals surface area contributed by atoms with Gasteiger partial charge in [0.15, 0.2) is 26.3 Å². The Morgan fingerprint density at radius 2 is 1.38 bits per heavy atom. The van der Waals surface area contributed by atoms with Gasteiger partial charge in [0.05, 0.1) is 10.9 Å². The molecule has 3 aromatic carbocycles. The van der Waals surface area contributed by atoms with E-state index >= 15 is 4.39 Å². The number of ether oxygens (including phenoxy) is 1. The van der Waals surface area contributed by atoms with Crippen molar-refractivity contribution in [2.45, 2.75) is 73.2 Å². The largest absolute Gasteiger partial charge is 0.483 e. The van der Waals surface area contributed by atoms with E-state index in [1.54, 1.807) is 6.07 Å². The molecule has 3 aromatic rings. The Morgan fingerprint density at radius 3 is 1.97 bits per heavy atom. The zero-order chi connectivity index (χ0) is 25.4. The molecule has 0 aliphatic heterocycles. The summed E-state index contributed by atoms with van der Waals surface area (Å²) in [6, 6.07) is 26.7. The number of rotatable bonds is 5. The number of hydrogen-bond acceptors (Lipinski definition) is 1. The highest BCUT2D eigenvalue weighted by Crippen LogP contribution is 2.72. The van der Waals surface area contributed by atoms with Crippen LogP contribution in [0.2, 0.25) is 0 Å². The summed E-state index contributed by atoms with van der Waals surface area (Å²) in [5.74, 6) is 5.06. The molecule has 4 bridgehead atoms. The van der Waals surface area contributed by atoms with Crippen LogP contribution in [0.4, 0.5) is 4.39 Å². The topological polar surface area (TPSA) is 9.23 Å². The molecule has 1 nitrogen and oxygen atoms in total. The summed E-state index contributed by atoms with van der Waals surface area (Å²) in [7, 11) is -0.367. The van der Waals surface area contributed by atoms with Gasteiger partial charge in [-0.2, -0.15) is 0 Å². The van der Waals surface area contributed by atoms with Gasteiger partial charge in [-0.15, -0.1) is 0 Å². The third-order valence-corrected chi connectivity index (χ3v) is 12.6. The van der Waals surface area contributed by atoms with Crippen LogP contribution in [0, 0.1) is 46.7 Å². The first-order valence-corrected chi connectivity index (χ1v) is 15.4. The molecule has 192 valence electrons. The summed E-state index contributed by atoms with van der Waals surface area (Å²) in [6.45, 7) is 6.97. The Morgan fingerprint density at radius 1 is 0.757 bits per heavy atom. The van der Waals surface area contributed by atoms with Crippen molar-refractivity contribution in [1.29, 1.82) is 0 Å². The van der Waals surface area contributed by atoms with Crippen molar-refractivity contribution in [1.82, 2.24) is 0 Å². The van der Waals surface area contributed by atoms with E-state index in [-0.39, 0.29) is 27.7 Å². The van der Waals surface area contributed by atoms with E-state index in [0.717, 1.165) is 40.9 Å². The minimum absolute atomic E-state index is 0.0390. The van der Waals surface area contributed by atoms with Crippen LogP contribution in [0.15, 0.2) is 93.5 Å². The van der Waals surface area contributed by atoms with Gasteiger partial charge in [-0.3, -0.25) is 0 Å². The van der Waals surface area contributed by atoms with E-state index in [2.05, 4.69) is 75.4 Å². The second-order valence-corrected chi connectivity index (χ2v) is 15.1. The third-order valence-electron chi connectivity index (χ3n) is 10.4. The minimum Gasteiger partial charge on any atom is -0.483 e. The van der Waals surface area contributed by atoms with Gasteiger partial charge in [-0.25, -0.2) is 4.39 Å². The smallest absolute Gasteiger partial charge is 0.170 e. The van der Waals surface area contributed by atoms with Crippen LogP contribution >= 0.6 is 0 Å². The summed E-state index contributed by atoms with van der Waals surface area (Å²) >= 11 is 0. The zero-order valence-corrected chi connectivity index (χ0v) is 23.0. The van der Waals surface area contributed by atoms with E-state index in [1.165, 1.54) is 35.5 Å². The molecule has 0 amide bonds. The Kier molecular flexibility index (Phi) is 5.56. The van der Waals surface area contributed by atoms with Crippen LogP contribution in [0.25, 0.3) is 0 Å². The molecule has 0 N–H and O–H groups in total. The lowest BCUT2D eigenvalue weighted by atomic mass is 9.59. The van der Waals surface area contributed by atoms with Gasteiger partial charge in [0.2, 0.25) is 0 Å². The summed E-state index contributed by atoms with van der Waals surface area (Å²) in [6.07, 6.45) is 6.65. The number of hydrogen-bond donors (Lipinski definition) is 0. The molecule has 0 saturated heterocycles. The van der Waals surface area contributed by atoms with E-state index in [1.807, 2.05) is 18.2 Å². The Labute approximate surface area is 224 Å². The van der Waals surface area contributed by atoms with Crippen LogP contribution in [-0.4, -0.2) is 5.60 Å². The standard InChI is InChI=1S/C34H38FOS/c1-33(2,3)34(21-24-19-28(34)32-23-15-14-22(18-23)31(24)32)36-30-17-16-27(20-29(30)35)37(25-10-6-4-7-11-25)26-12-8-5-9-13-26/h4-13,16-17,20,22-24,28,31-32H,14-15,18-19,21H2,1-3H3/q+1. The van der Waals surface area contributed by atoms with Crippen molar-refractivity contribution < 1.29 is 9.13 Å². The van der Waals surface area contributed by atoms with Gasteiger partial charge >= 0.3 is 0 Å². The van der Waals surface area contributed by atoms with Gasteiger partial charge in [-0.05, 0) is 98.1 Å². The highest BCUT2D eigenvalue weighted by Gasteiger charge is 2.70. The molecule has 3 heteroatoms. The second kappa shape index (κ2) is 8.63. The van der Waals surface area contributed by atoms with Gasteiger partial charge in [0, 0.05) is 17.4 Å². The quantitative estimate of drug-likeness (QED) is 0.245. The van der Waals surface area contributed by atoms with Crippen LogP contribution in [0.5, 0.6) is 5.75 Å². The van der Waals surface area contributed by atoms with E-state index in [4.69, 9.17) is 4.74 Å². The molecule has 0 spiro atoms. The average Bonchev–Trinajstić information content (AvgIpc) is 3.67. The lowest BCUT2D eigenvalue weighted by molar-refractivity contribution is -0.115. The maximum Gasteiger partial charge on any atom is 0.170 e. The Bertz CT molecular complexity index is 1240. The molecule has 4 aliphatic rings. The third kappa shape index (κ3) is 3.63. The number of benzene rings is 3. The van der Waals surface area contributed by atoms with Crippen molar-refractivity contribution in [2.24, 2.45) is 40.9 Å². The molecule has 7 rings (SSSR count). The molecular weight excluding hydrogens is 475 g/mol. The SMILES string of the molecule is CC(C)(C)C1(Oc2ccc([S+](c3ccccc3)c3ccccc3)cc2F)CC2CC1C1C3CCC(C3)C21. The fourth-order valence-electron chi connectivity index (χ4n) is 9.12. The summed E-state index contributed by atoms with van der Waals surface area (Å²) in [5, 5.41) is 0. The average molecular weight is 514 g/mol. The second-order valence-electron chi connectivity index (χ2n) is 13.1. The molecule has 7 atom stereocenters. The molecule has 4 aliphatic carbocycles. The Hall–Kier alpha value is -2.26. The molecule has 0 aromatic heterocycles. The van der Waals surface area contributed by atoms with Gasteiger partial charge < -0.3 is 4.74 Å². The van der Waals surface area contributed by atoms with Crippen molar-refractivity contribution >= 4 is 10.9 Å². The maximum atomic E-state index is 16.0. The summed E-state index contributed by atoms with van der Waals surface area (Å²) < 4.78 is 23.0. The Balaban J connectivity index is 1.24. The van der Waals surface area contributed by atoms with Crippen LogP contribution in [-0.2, 0) is 10.9 Å². The van der Waals surface area contributed by atoms with E-state index in [0.29, 0.717) is 11.7 Å². The first-order chi connectivity index (χ1) is 17.9. The first kappa shape index (κ1) is 23.8. The maximum absolute atomic E-state index is 16.0. The summed E-state index contributed by atoms with van der Waals surface area (Å²) in [5.41, 5.74) is -0.324. The fourth-order valence-corrected chi connectivity index (χ4v) is 11.2. The van der Waals surface area contributed by atoms with E-state index in [9.17, 15) is 0 Å². The lowest BCUT2D eigenvalue weighted by Gasteiger charge is -2.52. The zero-order valence-electron chi connectivity index (χ0n) is 22.2. The van der Waals surface area contributed by atoms with Crippen molar-refractivity contribution in [3.63, 3.8) is 0 Å². The number of fused-ring (bicyclic) bond motifs is 9. The highest BCUT2D eigenvalue weighted by atomic mass is 32.2. The van der Waals surface area contributed by atoms with Crippen molar-refractivity contribution in [2.75, 3.05) is 0 Å². The van der Waals surface area contributed by atoms with Gasteiger partial charge in [0.25, 0.3) is 0 Å². The predicted octanol–water partition coefficient (Wildman–Crippen LogP) is 8.79. The predicted molar refractivity (Wildman–Crippen MR) is 148 cm³/mol. The normalized spacial score (nSPS) is 33.8. The summed E-state index contributed by atoms with van der Waals surface area (Å²) in [4.78, 5) is 3.39. The minimum atomic E-state index is -0.367. The van der Waals surface area contributed by atoms with Crippen molar-refractivity contribution in [3.05, 3.63) is 84.7 Å². The van der Waals surface area contributed by atoms with Crippen LogP contribution in [0.3, 0.4) is 0 Å². The molecule has 0 heterocycles. The van der Waals surface area contributed by atoms with Crippen LogP contribution < -0.4 is 4.74 Å². The lowest BCUT2D eigenvalue weighted by Crippen LogP contribution is -2.56. The molecule has 37 heavy (non-hydrogen) atoms. The van der Waals surface area contributed by atoms with Gasteiger partial charge in [-0.1, -0.05) is 57.2 Å². The fraction of sp³-hybridized carbons (Fsp3) is 0.471. The first-order valence-electron chi connectivity index (χ1n) is 14.2. The molecule has 0 radical (unpaired) electrons. The molecule has 7 unspecified atom stereocenters.